The van der Waals surface area contributed by atoms with Crippen LogP contribution in [0.2, 0.25) is 0 Å². The fourth-order valence-corrected chi connectivity index (χ4v) is 1.35. The Labute approximate surface area is 90.0 Å². The molecule has 6 heteroatoms. The Kier molecular flexibility index (Phi) is 3.54. The van der Waals surface area contributed by atoms with Gasteiger partial charge in [0.1, 0.15) is 0 Å². The van der Waals surface area contributed by atoms with Crippen LogP contribution in [-0.2, 0) is 10.3 Å². The van der Waals surface area contributed by atoms with Crippen LogP contribution in [0, 0.1) is 23.3 Å². The molecule has 90 valence electrons. The molecule has 1 aromatic rings. The van der Waals surface area contributed by atoms with Gasteiger partial charge in [-0.25, -0.2) is 23.5 Å². The second-order valence-electron chi connectivity index (χ2n) is 4.04. The van der Waals surface area contributed by atoms with E-state index in [0.29, 0.717) is 6.07 Å². The standard InChI is InChI=1S/C10H11F4NO/c1-10(2,4-16-15)5-3-6(11)8(13)9(14)7(5)12/h3H,4,15H2,1-2H3. The van der Waals surface area contributed by atoms with Gasteiger partial charge in [-0.05, 0) is 6.07 Å². The van der Waals surface area contributed by atoms with Gasteiger partial charge in [0, 0.05) is 11.0 Å². The molecule has 0 aliphatic carbocycles. The number of hydrogen-bond donors (Lipinski definition) is 1. The van der Waals surface area contributed by atoms with Crippen LogP contribution in [0.25, 0.3) is 0 Å². The fraction of sp³-hybridized carbons (Fsp3) is 0.400. The van der Waals surface area contributed by atoms with E-state index >= 15 is 0 Å². The summed E-state index contributed by atoms with van der Waals surface area (Å²) in [4.78, 5) is 4.32. The first-order chi connectivity index (χ1) is 7.31. The third-order valence-corrected chi connectivity index (χ3v) is 2.28. The van der Waals surface area contributed by atoms with Gasteiger partial charge < -0.3 is 4.84 Å². The van der Waals surface area contributed by atoms with Crippen LogP contribution >= 0.6 is 0 Å². The molecule has 0 unspecified atom stereocenters. The van der Waals surface area contributed by atoms with Crippen molar-refractivity contribution in [3.05, 3.63) is 34.9 Å². The molecule has 0 saturated carbocycles. The molecular formula is C10H11F4NO. The quantitative estimate of drug-likeness (QED) is 0.379. The van der Waals surface area contributed by atoms with Crippen LogP contribution < -0.4 is 5.90 Å². The van der Waals surface area contributed by atoms with E-state index in [1.54, 1.807) is 0 Å². The third-order valence-electron chi connectivity index (χ3n) is 2.28. The predicted octanol–water partition coefficient (Wildman–Crippen LogP) is 2.41. The van der Waals surface area contributed by atoms with Gasteiger partial charge in [0.05, 0.1) is 6.61 Å². The number of rotatable bonds is 3. The maximum atomic E-state index is 13.4. The second kappa shape index (κ2) is 4.39. The highest BCUT2D eigenvalue weighted by Gasteiger charge is 2.29. The Morgan fingerprint density at radius 3 is 2.19 bits per heavy atom. The summed E-state index contributed by atoms with van der Waals surface area (Å²) in [6.45, 7) is 2.78. The Bertz CT molecular complexity index is 406. The number of hydrogen-bond acceptors (Lipinski definition) is 2. The molecule has 0 bridgehead atoms. The van der Waals surface area contributed by atoms with Crippen LogP contribution in [0.5, 0.6) is 0 Å². The lowest BCUT2D eigenvalue weighted by Crippen LogP contribution is -2.28. The monoisotopic (exact) mass is 237 g/mol. The fourth-order valence-electron chi connectivity index (χ4n) is 1.35. The maximum Gasteiger partial charge on any atom is 0.197 e. The van der Waals surface area contributed by atoms with Crippen LogP contribution in [0.15, 0.2) is 6.07 Å². The minimum absolute atomic E-state index is 0.158. The molecule has 0 saturated heterocycles. The zero-order valence-corrected chi connectivity index (χ0v) is 8.78. The van der Waals surface area contributed by atoms with E-state index in [0.717, 1.165) is 0 Å². The topological polar surface area (TPSA) is 35.2 Å². The largest absolute Gasteiger partial charge is 0.304 e. The van der Waals surface area contributed by atoms with E-state index in [-0.39, 0.29) is 12.2 Å². The van der Waals surface area contributed by atoms with Crippen molar-refractivity contribution in [1.29, 1.82) is 0 Å². The first kappa shape index (κ1) is 12.9. The summed E-state index contributed by atoms with van der Waals surface area (Å²) in [5.41, 5.74) is -1.39. The van der Waals surface area contributed by atoms with Crippen molar-refractivity contribution in [2.24, 2.45) is 5.90 Å². The van der Waals surface area contributed by atoms with Gasteiger partial charge in [-0.3, -0.25) is 0 Å². The first-order valence-corrected chi connectivity index (χ1v) is 4.46. The van der Waals surface area contributed by atoms with Crippen molar-refractivity contribution in [2.75, 3.05) is 6.61 Å². The molecule has 0 heterocycles. The summed E-state index contributed by atoms with van der Waals surface area (Å²) in [6, 6.07) is 0.604. The van der Waals surface area contributed by atoms with Crippen molar-refractivity contribution in [1.82, 2.24) is 0 Å². The van der Waals surface area contributed by atoms with E-state index in [1.807, 2.05) is 0 Å². The number of halogens is 4. The minimum Gasteiger partial charge on any atom is -0.304 e. The van der Waals surface area contributed by atoms with Crippen molar-refractivity contribution in [3.8, 4) is 0 Å². The molecule has 2 nitrogen and oxygen atoms in total. The summed E-state index contributed by atoms with van der Waals surface area (Å²) in [6.07, 6.45) is 0. The summed E-state index contributed by atoms with van der Waals surface area (Å²) in [5.74, 6) is -1.71. The van der Waals surface area contributed by atoms with E-state index in [9.17, 15) is 17.6 Å². The molecular weight excluding hydrogens is 226 g/mol. The van der Waals surface area contributed by atoms with Gasteiger partial charge in [-0.2, -0.15) is 0 Å². The summed E-state index contributed by atoms with van der Waals surface area (Å²) in [5, 5.41) is 0. The van der Waals surface area contributed by atoms with Gasteiger partial charge in [0.15, 0.2) is 23.3 Å². The normalized spacial score (nSPS) is 11.9. The van der Waals surface area contributed by atoms with Crippen LogP contribution in [-0.4, -0.2) is 6.61 Å². The Morgan fingerprint density at radius 2 is 1.69 bits per heavy atom. The zero-order valence-electron chi connectivity index (χ0n) is 8.78. The molecule has 0 fully saturated rings. The zero-order chi connectivity index (χ0) is 12.5. The number of benzene rings is 1. The van der Waals surface area contributed by atoms with E-state index < -0.39 is 28.7 Å². The van der Waals surface area contributed by atoms with Crippen molar-refractivity contribution < 1.29 is 22.4 Å². The maximum absolute atomic E-state index is 13.4. The molecule has 0 amide bonds. The molecule has 16 heavy (non-hydrogen) atoms. The van der Waals surface area contributed by atoms with Crippen LogP contribution in [0.3, 0.4) is 0 Å². The van der Waals surface area contributed by atoms with Crippen molar-refractivity contribution in [3.63, 3.8) is 0 Å². The van der Waals surface area contributed by atoms with Gasteiger partial charge in [0.2, 0.25) is 0 Å². The third kappa shape index (κ3) is 2.17. The average Bonchev–Trinajstić information content (AvgIpc) is 2.20. The molecule has 0 radical (unpaired) electrons. The van der Waals surface area contributed by atoms with E-state index in [4.69, 9.17) is 5.90 Å². The molecule has 0 atom stereocenters. The molecule has 0 aliphatic heterocycles. The predicted molar refractivity (Wildman–Crippen MR) is 49.4 cm³/mol. The average molecular weight is 237 g/mol. The molecule has 1 rings (SSSR count). The SMILES string of the molecule is CC(C)(CON)c1cc(F)c(F)c(F)c1F. The smallest absolute Gasteiger partial charge is 0.197 e. The van der Waals surface area contributed by atoms with Crippen LogP contribution in [0.4, 0.5) is 17.6 Å². The molecule has 0 spiro atoms. The molecule has 0 aliphatic rings. The first-order valence-electron chi connectivity index (χ1n) is 4.46. The summed E-state index contributed by atoms with van der Waals surface area (Å²) < 4.78 is 52.0. The highest BCUT2D eigenvalue weighted by atomic mass is 19.2. The minimum atomic E-state index is -1.83. The molecule has 2 N–H and O–H groups in total. The van der Waals surface area contributed by atoms with Gasteiger partial charge >= 0.3 is 0 Å². The van der Waals surface area contributed by atoms with Gasteiger partial charge in [-0.1, -0.05) is 13.8 Å². The Balaban J connectivity index is 3.35. The Hall–Kier alpha value is -1.14. The summed E-state index contributed by atoms with van der Waals surface area (Å²) in [7, 11) is 0. The Morgan fingerprint density at radius 1 is 1.12 bits per heavy atom. The summed E-state index contributed by atoms with van der Waals surface area (Å²) >= 11 is 0. The lowest BCUT2D eigenvalue weighted by Gasteiger charge is -2.24. The van der Waals surface area contributed by atoms with Gasteiger partial charge in [-0.15, -0.1) is 0 Å². The number of nitrogens with two attached hydrogens (primary N) is 1. The van der Waals surface area contributed by atoms with Crippen LogP contribution in [0.1, 0.15) is 19.4 Å². The van der Waals surface area contributed by atoms with Crippen molar-refractivity contribution in [2.45, 2.75) is 19.3 Å². The second-order valence-corrected chi connectivity index (χ2v) is 4.04. The highest BCUT2D eigenvalue weighted by Crippen LogP contribution is 2.29. The molecule has 0 aromatic heterocycles. The van der Waals surface area contributed by atoms with Crippen molar-refractivity contribution >= 4 is 0 Å². The molecule has 1 aromatic carbocycles. The highest BCUT2D eigenvalue weighted by molar-refractivity contribution is 5.28. The lowest BCUT2D eigenvalue weighted by atomic mass is 9.85. The van der Waals surface area contributed by atoms with E-state index in [1.165, 1.54) is 13.8 Å². The van der Waals surface area contributed by atoms with E-state index in [2.05, 4.69) is 4.84 Å². The lowest BCUT2D eigenvalue weighted by molar-refractivity contribution is 0.0945. The van der Waals surface area contributed by atoms with Gasteiger partial charge in [0.25, 0.3) is 0 Å².